The molecule has 3 rings (SSSR count). The first-order chi connectivity index (χ1) is 13.0. The molecule has 1 atom stereocenters. The zero-order chi connectivity index (χ0) is 19.4. The molecule has 1 aliphatic rings. The molecule has 144 valence electrons. The lowest BCUT2D eigenvalue weighted by Gasteiger charge is -2.27. The van der Waals surface area contributed by atoms with Crippen molar-refractivity contribution in [3.63, 3.8) is 0 Å². The Hall–Kier alpha value is -2.74. The Morgan fingerprint density at radius 3 is 2.63 bits per heavy atom. The van der Waals surface area contributed by atoms with Crippen LogP contribution < -0.4 is 5.32 Å². The Morgan fingerprint density at radius 2 is 2.07 bits per heavy atom. The summed E-state index contributed by atoms with van der Waals surface area (Å²) in [5.41, 5.74) is 2.23. The normalized spacial score (nSPS) is 16.1. The molecule has 0 saturated carbocycles. The lowest BCUT2D eigenvalue weighted by Crippen LogP contribution is -2.39. The van der Waals surface area contributed by atoms with E-state index in [1.54, 1.807) is 16.8 Å². The number of aromatic nitrogens is 3. The minimum Gasteiger partial charge on any atom is -0.481 e. The second kappa shape index (κ2) is 8.30. The van der Waals surface area contributed by atoms with Gasteiger partial charge in [0.25, 0.3) is 5.91 Å². The van der Waals surface area contributed by atoms with Crippen LogP contribution in [0.5, 0.6) is 0 Å². The highest BCUT2D eigenvalue weighted by Crippen LogP contribution is 2.23. The fourth-order valence-corrected chi connectivity index (χ4v) is 3.39. The number of amides is 1. The molecule has 1 fully saturated rings. The van der Waals surface area contributed by atoms with Gasteiger partial charge >= 0.3 is 5.97 Å². The fraction of sp³-hybridized carbons (Fsp3) is 0.474. The van der Waals surface area contributed by atoms with E-state index in [-0.39, 0.29) is 18.4 Å². The Balaban J connectivity index is 1.63. The van der Waals surface area contributed by atoms with Crippen molar-refractivity contribution < 1.29 is 19.4 Å². The molecule has 1 unspecified atom stereocenters. The van der Waals surface area contributed by atoms with Crippen LogP contribution in [0.2, 0.25) is 0 Å². The van der Waals surface area contributed by atoms with Crippen LogP contribution in [0.3, 0.4) is 0 Å². The summed E-state index contributed by atoms with van der Waals surface area (Å²) in [6.07, 6.45) is 2.88. The van der Waals surface area contributed by atoms with Crippen molar-refractivity contribution >= 4 is 11.9 Å². The number of pyridine rings is 1. The smallest absolute Gasteiger partial charge is 0.308 e. The number of carbonyl (C=O) groups is 2. The van der Waals surface area contributed by atoms with Crippen molar-refractivity contribution in [1.29, 1.82) is 0 Å². The van der Waals surface area contributed by atoms with Crippen LogP contribution in [0.15, 0.2) is 24.4 Å². The number of rotatable bonds is 6. The van der Waals surface area contributed by atoms with Crippen molar-refractivity contribution in [3.8, 4) is 5.82 Å². The molecule has 2 aromatic rings. The summed E-state index contributed by atoms with van der Waals surface area (Å²) in [6.45, 7) is 5.07. The number of carbonyl (C=O) groups excluding carboxylic acids is 1. The second-order valence-corrected chi connectivity index (χ2v) is 6.85. The van der Waals surface area contributed by atoms with Crippen LogP contribution in [0.25, 0.3) is 5.82 Å². The number of carboxylic acids is 1. The first-order valence-corrected chi connectivity index (χ1v) is 9.04. The van der Waals surface area contributed by atoms with Gasteiger partial charge in [0.15, 0.2) is 5.82 Å². The van der Waals surface area contributed by atoms with Gasteiger partial charge in [-0.15, -0.1) is 0 Å². The zero-order valence-corrected chi connectivity index (χ0v) is 15.5. The van der Waals surface area contributed by atoms with Gasteiger partial charge in [0.2, 0.25) is 0 Å². The van der Waals surface area contributed by atoms with E-state index in [0.29, 0.717) is 37.4 Å². The van der Waals surface area contributed by atoms with Crippen molar-refractivity contribution in [2.24, 2.45) is 11.8 Å². The average Bonchev–Trinajstić information content (AvgIpc) is 3.00. The molecule has 0 bridgehead atoms. The number of hydrogen-bond donors (Lipinski definition) is 2. The van der Waals surface area contributed by atoms with Gasteiger partial charge < -0.3 is 15.2 Å². The largest absolute Gasteiger partial charge is 0.481 e. The highest BCUT2D eigenvalue weighted by Gasteiger charge is 2.30. The molecule has 2 aromatic heterocycles. The zero-order valence-electron chi connectivity index (χ0n) is 15.5. The summed E-state index contributed by atoms with van der Waals surface area (Å²) >= 11 is 0. The monoisotopic (exact) mass is 372 g/mol. The molecular formula is C19H24N4O4. The van der Waals surface area contributed by atoms with Crippen molar-refractivity contribution in [1.82, 2.24) is 20.1 Å². The molecule has 1 amide bonds. The van der Waals surface area contributed by atoms with Gasteiger partial charge in [-0.2, -0.15) is 5.10 Å². The molecule has 0 radical (unpaired) electrons. The summed E-state index contributed by atoms with van der Waals surface area (Å²) in [5.74, 6) is -1.19. The van der Waals surface area contributed by atoms with Crippen molar-refractivity contribution in [2.75, 3.05) is 19.8 Å². The number of nitrogens with zero attached hydrogens (tertiary/aromatic N) is 3. The van der Waals surface area contributed by atoms with E-state index < -0.39 is 11.9 Å². The van der Waals surface area contributed by atoms with Gasteiger partial charge in [-0.3, -0.25) is 9.59 Å². The molecule has 0 aromatic carbocycles. The molecule has 2 N–H and O–H groups in total. The average molecular weight is 372 g/mol. The summed E-state index contributed by atoms with van der Waals surface area (Å²) < 4.78 is 7.00. The first-order valence-electron chi connectivity index (χ1n) is 9.04. The predicted octanol–water partition coefficient (Wildman–Crippen LogP) is 1.74. The Morgan fingerprint density at radius 1 is 1.33 bits per heavy atom. The van der Waals surface area contributed by atoms with E-state index in [4.69, 9.17) is 4.74 Å². The van der Waals surface area contributed by atoms with Gasteiger partial charge in [0.1, 0.15) is 0 Å². The third kappa shape index (κ3) is 4.51. The van der Waals surface area contributed by atoms with E-state index in [0.717, 1.165) is 11.4 Å². The maximum Gasteiger partial charge on any atom is 0.308 e. The predicted molar refractivity (Wildman–Crippen MR) is 97.8 cm³/mol. The molecule has 8 heteroatoms. The SMILES string of the molecule is Cc1cc(C)n(-c2ccc(C(=O)NCC(C(=O)O)C3CCOCC3)cn2)n1. The molecular weight excluding hydrogens is 348 g/mol. The summed E-state index contributed by atoms with van der Waals surface area (Å²) in [5, 5.41) is 16.6. The quantitative estimate of drug-likeness (QED) is 0.800. The van der Waals surface area contributed by atoms with Crippen LogP contribution in [-0.4, -0.2) is 51.5 Å². The number of hydrogen-bond acceptors (Lipinski definition) is 5. The second-order valence-electron chi connectivity index (χ2n) is 6.85. The molecule has 8 nitrogen and oxygen atoms in total. The van der Waals surface area contributed by atoms with Crippen LogP contribution in [0.1, 0.15) is 34.6 Å². The van der Waals surface area contributed by atoms with E-state index in [1.165, 1.54) is 6.20 Å². The van der Waals surface area contributed by atoms with Gasteiger partial charge in [0, 0.05) is 31.6 Å². The molecule has 3 heterocycles. The van der Waals surface area contributed by atoms with Gasteiger partial charge in [0.05, 0.1) is 17.2 Å². The van der Waals surface area contributed by atoms with Crippen LogP contribution in [0, 0.1) is 25.7 Å². The highest BCUT2D eigenvalue weighted by molar-refractivity contribution is 5.94. The number of aryl methyl sites for hydroxylation is 2. The van der Waals surface area contributed by atoms with E-state index in [2.05, 4.69) is 15.4 Å². The molecule has 0 spiro atoms. The van der Waals surface area contributed by atoms with Crippen molar-refractivity contribution in [3.05, 3.63) is 41.3 Å². The number of aliphatic carboxylic acids is 1. The van der Waals surface area contributed by atoms with E-state index in [9.17, 15) is 14.7 Å². The summed E-state index contributed by atoms with van der Waals surface area (Å²) in [4.78, 5) is 28.3. The number of carboxylic acid groups (broad SMARTS) is 1. The van der Waals surface area contributed by atoms with Crippen LogP contribution in [-0.2, 0) is 9.53 Å². The third-order valence-corrected chi connectivity index (χ3v) is 4.87. The summed E-state index contributed by atoms with van der Waals surface area (Å²) in [6, 6.07) is 5.34. The minimum atomic E-state index is -0.889. The van der Waals surface area contributed by atoms with Gasteiger partial charge in [-0.05, 0) is 50.8 Å². The Kier molecular flexibility index (Phi) is 5.85. The molecule has 0 aliphatic carbocycles. The van der Waals surface area contributed by atoms with E-state index >= 15 is 0 Å². The number of nitrogens with one attached hydrogen (secondary N) is 1. The maximum absolute atomic E-state index is 12.4. The van der Waals surface area contributed by atoms with E-state index in [1.807, 2.05) is 19.9 Å². The lowest BCUT2D eigenvalue weighted by molar-refractivity contribution is -0.144. The topological polar surface area (TPSA) is 106 Å². The minimum absolute atomic E-state index is 0.0167. The van der Waals surface area contributed by atoms with Crippen LogP contribution >= 0.6 is 0 Å². The Bertz CT molecular complexity index is 810. The first kappa shape index (κ1) is 19.0. The molecule has 1 saturated heterocycles. The fourth-order valence-electron chi connectivity index (χ4n) is 3.39. The van der Waals surface area contributed by atoms with Crippen LogP contribution in [0.4, 0.5) is 0 Å². The Labute approximate surface area is 157 Å². The molecule has 27 heavy (non-hydrogen) atoms. The molecule has 1 aliphatic heterocycles. The third-order valence-electron chi connectivity index (χ3n) is 4.87. The summed E-state index contributed by atoms with van der Waals surface area (Å²) in [7, 11) is 0. The highest BCUT2D eigenvalue weighted by atomic mass is 16.5. The van der Waals surface area contributed by atoms with Gasteiger partial charge in [-0.25, -0.2) is 9.67 Å². The maximum atomic E-state index is 12.4. The van der Waals surface area contributed by atoms with Gasteiger partial charge in [-0.1, -0.05) is 0 Å². The van der Waals surface area contributed by atoms with Crippen molar-refractivity contribution in [2.45, 2.75) is 26.7 Å². The number of ether oxygens (including phenoxy) is 1. The lowest BCUT2D eigenvalue weighted by atomic mass is 9.86. The standard InChI is InChI=1S/C19H24N4O4/c1-12-9-13(2)23(22-12)17-4-3-15(10-20-17)18(24)21-11-16(19(25)26)14-5-7-27-8-6-14/h3-4,9-10,14,16H,5-8,11H2,1-2H3,(H,21,24)(H,25,26).